The molecule has 2 aromatic heterocycles. The van der Waals surface area contributed by atoms with Gasteiger partial charge in [-0.2, -0.15) is 0 Å². The van der Waals surface area contributed by atoms with E-state index in [0.29, 0.717) is 12.5 Å². The smallest absolute Gasteiger partial charge is 0.236 e. The number of piperidine rings is 1. The number of carbonyl (C=O) groups is 1. The van der Waals surface area contributed by atoms with Gasteiger partial charge in [-0.1, -0.05) is 36.4 Å². The van der Waals surface area contributed by atoms with Crippen molar-refractivity contribution in [2.24, 2.45) is 0 Å². The zero-order valence-corrected chi connectivity index (χ0v) is 16.8. The molecular weight excluding hydrogens is 372 g/mol. The van der Waals surface area contributed by atoms with Crippen molar-refractivity contribution in [1.29, 1.82) is 0 Å². The molecule has 1 aliphatic heterocycles. The molecule has 3 heterocycles. The summed E-state index contributed by atoms with van der Waals surface area (Å²) < 4.78 is 11.8. The number of nitrogens with zero attached hydrogens (tertiary/aromatic N) is 2. The number of hydrogen-bond acceptors (Lipinski definition) is 5. The van der Waals surface area contributed by atoms with Gasteiger partial charge in [0.25, 0.3) is 0 Å². The number of carbonyl (C=O) groups excluding carboxylic acids is 1. The highest BCUT2D eigenvalue weighted by Gasteiger charge is 2.25. The van der Waals surface area contributed by atoms with Crippen molar-refractivity contribution in [3.8, 4) is 10.8 Å². The SMILES string of the molecule is Cc1oc(-c2cccs2)nc1CC(=O)N1CCC(OCc2ccccc2)CC1. The van der Waals surface area contributed by atoms with Gasteiger partial charge in [0.1, 0.15) is 5.76 Å². The number of hydrogen-bond donors (Lipinski definition) is 0. The van der Waals surface area contributed by atoms with Gasteiger partial charge >= 0.3 is 0 Å². The zero-order valence-electron chi connectivity index (χ0n) is 16.0. The monoisotopic (exact) mass is 396 g/mol. The first-order valence-electron chi connectivity index (χ1n) is 9.62. The average molecular weight is 397 g/mol. The van der Waals surface area contributed by atoms with Gasteiger partial charge in [-0.05, 0) is 36.8 Å². The maximum absolute atomic E-state index is 12.7. The van der Waals surface area contributed by atoms with Crippen molar-refractivity contribution in [1.82, 2.24) is 9.88 Å². The first-order valence-corrected chi connectivity index (χ1v) is 10.5. The first-order chi connectivity index (χ1) is 13.7. The van der Waals surface area contributed by atoms with E-state index in [1.165, 1.54) is 5.56 Å². The number of thiophene rings is 1. The molecule has 1 amide bonds. The molecular formula is C22H24N2O3S. The lowest BCUT2D eigenvalue weighted by Gasteiger charge is -2.32. The lowest BCUT2D eigenvalue weighted by atomic mass is 10.1. The minimum Gasteiger partial charge on any atom is -0.440 e. The topological polar surface area (TPSA) is 55.6 Å². The molecule has 0 spiro atoms. The Morgan fingerprint density at radius 1 is 1.21 bits per heavy atom. The molecule has 4 rings (SSSR count). The van der Waals surface area contributed by atoms with Crippen molar-refractivity contribution < 1.29 is 13.9 Å². The Labute approximate surface area is 169 Å². The largest absolute Gasteiger partial charge is 0.440 e. The van der Waals surface area contributed by atoms with Gasteiger partial charge in [0, 0.05) is 13.1 Å². The van der Waals surface area contributed by atoms with Crippen LogP contribution in [-0.2, 0) is 22.6 Å². The van der Waals surface area contributed by atoms with Crippen LogP contribution in [0.15, 0.2) is 52.3 Å². The van der Waals surface area contributed by atoms with Crippen LogP contribution in [0.5, 0.6) is 0 Å². The molecule has 1 fully saturated rings. The van der Waals surface area contributed by atoms with E-state index in [1.807, 2.05) is 47.5 Å². The van der Waals surface area contributed by atoms with Crippen LogP contribution in [0.25, 0.3) is 10.8 Å². The van der Waals surface area contributed by atoms with Crippen molar-refractivity contribution in [2.45, 2.75) is 38.9 Å². The van der Waals surface area contributed by atoms with Crippen LogP contribution < -0.4 is 0 Å². The van der Waals surface area contributed by atoms with E-state index >= 15 is 0 Å². The highest BCUT2D eigenvalue weighted by molar-refractivity contribution is 7.13. The van der Waals surface area contributed by atoms with E-state index in [9.17, 15) is 4.79 Å². The van der Waals surface area contributed by atoms with Crippen LogP contribution >= 0.6 is 11.3 Å². The Morgan fingerprint density at radius 3 is 2.71 bits per heavy atom. The van der Waals surface area contributed by atoms with Crippen molar-refractivity contribution >= 4 is 17.2 Å². The van der Waals surface area contributed by atoms with Gasteiger partial charge in [-0.3, -0.25) is 4.79 Å². The summed E-state index contributed by atoms with van der Waals surface area (Å²) >= 11 is 1.58. The van der Waals surface area contributed by atoms with Gasteiger partial charge in [-0.25, -0.2) is 4.98 Å². The highest BCUT2D eigenvalue weighted by atomic mass is 32.1. The van der Waals surface area contributed by atoms with E-state index < -0.39 is 0 Å². The molecule has 0 N–H and O–H groups in total. The predicted molar refractivity (Wildman–Crippen MR) is 109 cm³/mol. The summed E-state index contributed by atoms with van der Waals surface area (Å²) in [6.07, 6.45) is 2.24. The highest BCUT2D eigenvalue weighted by Crippen LogP contribution is 2.26. The van der Waals surface area contributed by atoms with Crippen LogP contribution in [0.3, 0.4) is 0 Å². The van der Waals surface area contributed by atoms with Crippen LogP contribution in [0.1, 0.15) is 29.9 Å². The number of likely N-dealkylation sites (tertiary alicyclic amines) is 1. The third kappa shape index (κ3) is 4.51. The van der Waals surface area contributed by atoms with Crippen molar-refractivity contribution in [2.75, 3.05) is 13.1 Å². The second-order valence-electron chi connectivity index (χ2n) is 7.05. The first kappa shape index (κ1) is 18.9. The van der Waals surface area contributed by atoms with E-state index in [-0.39, 0.29) is 18.4 Å². The summed E-state index contributed by atoms with van der Waals surface area (Å²) in [5.41, 5.74) is 1.92. The Bertz CT molecular complexity index is 897. The Morgan fingerprint density at radius 2 is 2.00 bits per heavy atom. The minimum absolute atomic E-state index is 0.107. The van der Waals surface area contributed by atoms with Gasteiger partial charge in [0.05, 0.1) is 29.7 Å². The summed E-state index contributed by atoms with van der Waals surface area (Å²) in [5.74, 6) is 1.43. The summed E-state index contributed by atoms with van der Waals surface area (Å²) in [4.78, 5) is 20.1. The molecule has 0 unspecified atom stereocenters. The fourth-order valence-corrected chi connectivity index (χ4v) is 4.06. The van der Waals surface area contributed by atoms with Crippen LogP contribution in [0.2, 0.25) is 0 Å². The summed E-state index contributed by atoms with van der Waals surface area (Å²) in [7, 11) is 0. The molecule has 0 radical (unpaired) electrons. The number of ether oxygens (including phenoxy) is 1. The van der Waals surface area contributed by atoms with E-state index in [0.717, 1.165) is 42.3 Å². The van der Waals surface area contributed by atoms with E-state index in [4.69, 9.17) is 9.15 Å². The van der Waals surface area contributed by atoms with Crippen LogP contribution in [0, 0.1) is 6.92 Å². The Kier molecular flexibility index (Phi) is 5.88. The number of aromatic nitrogens is 1. The molecule has 146 valence electrons. The Balaban J connectivity index is 1.27. The molecule has 0 atom stereocenters. The second-order valence-corrected chi connectivity index (χ2v) is 8.00. The van der Waals surface area contributed by atoms with Crippen LogP contribution in [0.4, 0.5) is 0 Å². The predicted octanol–water partition coefficient (Wildman–Crippen LogP) is 4.46. The Hall–Kier alpha value is -2.44. The van der Waals surface area contributed by atoms with Gasteiger partial charge in [0.2, 0.25) is 11.8 Å². The quantitative estimate of drug-likeness (QED) is 0.617. The van der Waals surface area contributed by atoms with E-state index in [1.54, 1.807) is 11.3 Å². The third-order valence-electron chi connectivity index (χ3n) is 5.07. The molecule has 0 saturated carbocycles. The van der Waals surface area contributed by atoms with Gasteiger partial charge in [0.15, 0.2) is 0 Å². The molecule has 5 nitrogen and oxygen atoms in total. The fourth-order valence-electron chi connectivity index (χ4n) is 3.41. The number of benzene rings is 1. The number of aryl methyl sites for hydroxylation is 1. The molecule has 0 bridgehead atoms. The molecule has 1 saturated heterocycles. The minimum atomic E-state index is 0.107. The second kappa shape index (κ2) is 8.71. The molecule has 1 aromatic carbocycles. The number of amides is 1. The summed E-state index contributed by atoms with van der Waals surface area (Å²) in [6, 6.07) is 14.1. The number of rotatable bonds is 6. The lowest BCUT2D eigenvalue weighted by Crippen LogP contribution is -2.41. The van der Waals surface area contributed by atoms with Gasteiger partial charge < -0.3 is 14.1 Å². The van der Waals surface area contributed by atoms with Gasteiger partial charge in [-0.15, -0.1) is 11.3 Å². The summed E-state index contributed by atoms with van der Waals surface area (Å²) in [5, 5.41) is 1.99. The number of oxazole rings is 1. The maximum Gasteiger partial charge on any atom is 0.236 e. The molecule has 1 aliphatic rings. The van der Waals surface area contributed by atoms with E-state index in [2.05, 4.69) is 17.1 Å². The van der Waals surface area contributed by atoms with Crippen molar-refractivity contribution in [3.63, 3.8) is 0 Å². The standard InChI is InChI=1S/C22H24N2O3S/c1-16-19(23-22(27-16)20-8-5-13-28-20)14-21(25)24-11-9-18(10-12-24)26-15-17-6-3-2-4-7-17/h2-8,13,18H,9-12,14-15H2,1H3. The molecule has 0 aliphatic carbocycles. The average Bonchev–Trinajstić information content (AvgIpc) is 3.38. The summed E-state index contributed by atoms with van der Waals surface area (Å²) in [6.45, 7) is 3.96. The maximum atomic E-state index is 12.7. The van der Waals surface area contributed by atoms with Crippen LogP contribution in [-0.4, -0.2) is 35.0 Å². The normalized spacial score (nSPS) is 15.1. The molecule has 6 heteroatoms. The zero-order chi connectivity index (χ0) is 19.3. The lowest BCUT2D eigenvalue weighted by molar-refractivity contribution is -0.133. The fraction of sp³-hybridized carbons (Fsp3) is 0.364. The van der Waals surface area contributed by atoms with Crippen molar-refractivity contribution in [3.05, 3.63) is 64.9 Å². The molecule has 3 aromatic rings. The molecule has 28 heavy (non-hydrogen) atoms. The third-order valence-corrected chi connectivity index (χ3v) is 5.92.